The van der Waals surface area contributed by atoms with E-state index < -0.39 is 0 Å². The number of hydrogen-bond donors (Lipinski definition) is 0. The van der Waals surface area contributed by atoms with E-state index in [1.54, 1.807) is 7.11 Å². The number of imidazole rings is 1. The fraction of sp³-hybridized carbons (Fsp3) is 0.364. The van der Waals surface area contributed by atoms with Crippen LogP contribution in [-0.4, -0.2) is 29.1 Å². The molecule has 1 fully saturated rings. The maximum absolute atomic E-state index is 12.8. The zero-order valence-corrected chi connectivity index (χ0v) is 16.1. The largest absolute Gasteiger partial charge is 0.497 e. The summed E-state index contributed by atoms with van der Waals surface area (Å²) in [5, 5.41) is 0. The highest BCUT2D eigenvalue weighted by Crippen LogP contribution is 2.34. The Kier molecular flexibility index (Phi) is 4.60. The Hall–Kier alpha value is -2.82. The number of carbonyl (C=O) groups is 1. The van der Waals surface area contributed by atoms with Gasteiger partial charge in [0, 0.05) is 37.2 Å². The third-order valence-corrected chi connectivity index (χ3v) is 5.09. The second-order valence-electron chi connectivity index (χ2n) is 7.57. The standard InChI is InChI=1S/C22H25N3O2/c1-15(2)13-25-20-10-5-4-9-19(20)23-22(25)16-11-21(26)24(14-16)17-7-6-8-18(12-17)27-3/h4-10,12,15-16H,11,13-14H2,1-3H3. The predicted octanol–water partition coefficient (Wildman–Crippen LogP) is 4.22. The number of amides is 1. The molecule has 1 aliphatic rings. The van der Waals surface area contributed by atoms with Crippen LogP contribution in [0.15, 0.2) is 48.5 Å². The van der Waals surface area contributed by atoms with Crippen molar-refractivity contribution >= 4 is 22.6 Å². The summed E-state index contributed by atoms with van der Waals surface area (Å²) in [4.78, 5) is 19.5. The van der Waals surface area contributed by atoms with E-state index >= 15 is 0 Å². The van der Waals surface area contributed by atoms with Crippen LogP contribution in [0.2, 0.25) is 0 Å². The van der Waals surface area contributed by atoms with Crippen molar-refractivity contribution < 1.29 is 9.53 Å². The molecule has 4 rings (SSSR count). The molecule has 1 saturated heterocycles. The maximum atomic E-state index is 12.8. The molecule has 0 aliphatic carbocycles. The summed E-state index contributed by atoms with van der Waals surface area (Å²) in [5.74, 6) is 2.51. The van der Waals surface area contributed by atoms with Gasteiger partial charge in [-0.25, -0.2) is 4.98 Å². The molecule has 140 valence electrons. The van der Waals surface area contributed by atoms with Crippen molar-refractivity contribution in [3.63, 3.8) is 0 Å². The molecule has 2 heterocycles. The van der Waals surface area contributed by atoms with Gasteiger partial charge in [0.25, 0.3) is 0 Å². The summed E-state index contributed by atoms with van der Waals surface area (Å²) < 4.78 is 7.61. The number of ether oxygens (including phenoxy) is 1. The molecule has 0 N–H and O–H groups in total. The Bertz CT molecular complexity index is 977. The summed E-state index contributed by atoms with van der Waals surface area (Å²) in [5.41, 5.74) is 3.03. The highest BCUT2D eigenvalue weighted by atomic mass is 16.5. The van der Waals surface area contributed by atoms with Crippen LogP contribution in [0.4, 0.5) is 5.69 Å². The first kappa shape index (κ1) is 17.6. The van der Waals surface area contributed by atoms with Crippen LogP contribution >= 0.6 is 0 Å². The summed E-state index contributed by atoms with van der Waals surface area (Å²) in [6.07, 6.45) is 0.485. The van der Waals surface area contributed by atoms with Crippen LogP contribution in [-0.2, 0) is 11.3 Å². The van der Waals surface area contributed by atoms with Crippen LogP contribution < -0.4 is 9.64 Å². The fourth-order valence-corrected chi connectivity index (χ4v) is 3.87. The molecule has 1 unspecified atom stereocenters. The average Bonchev–Trinajstić information content (AvgIpc) is 3.22. The van der Waals surface area contributed by atoms with Crippen LogP contribution in [0.25, 0.3) is 11.0 Å². The van der Waals surface area contributed by atoms with Gasteiger partial charge in [-0.1, -0.05) is 32.0 Å². The van der Waals surface area contributed by atoms with Crippen molar-refractivity contribution in [2.75, 3.05) is 18.6 Å². The Morgan fingerprint density at radius 3 is 2.78 bits per heavy atom. The first-order valence-electron chi connectivity index (χ1n) is 9.46. The number of methoxy groups -OCH3 is 1. The van der Waals surface area contributed by atoms with Crippen molar-refractivity contribution in [3.05, 3.63) is 54.4 Å². The molecule has 1 aromatic heterocycles. The van der Waals surface area contributed by atoms with Gasteiger partial charge in [0.1, 0.15) is 11.6 Å². The predicted molar refractivity (Wildman–Crippen MR) is 107 cm³/mol. The van der Waals surface area contributed by atoms with Crippen molar-refractivity contribution in [2.24, 2.45) is 5.92 Å². The van der Waals surface area contributed by atoms with Gasteiger partial charge in [0.05, 0.1) is 18.1 Å². The van der Waals surface area contributed by atoms with Crippen molar-refractivity contribution in [1.82, 2.24) is 9.55 Å². The third kappa shape index (κ3) is 3.29. The minimum absolute atomic E-state index is 0.0925. The Morgan fingerprint density at radius 2 is 2.00 bits per heavy atom. The van der Waals surface area contributed by atoms with Crippen LogP contribution in [0.1, 0.15) is 32.0 Å². The Balaban J connectivity index is 1.69. The van der Waals surface area contributed by atoms with Gasteiger partial charge in [-0.3, -0.25) is 4.79 Å². The number of carbonyl (C=O) groups excluding carboxylic acids is 1. The minimum Gasteiger partial charge on any atom is -0.497 e. The molecule has 1 amide bonds. The van der Waals surface area contributed by atoms with Gasteiger partial charge < -0.3 is 14.2 Å². The number of hydrogen-bond acceptors (Lipinski definition) is 3. The van der Waals surface area contributed by atoms with Crippen molar-refractivity contribution in [2.45, 2.75) is 32.7 Å². The molecule has 5 heteroatoms. The lowest BCUT2D eigenvalue weighted by molar-refractivity contribution is -0.117. The summed E-state index contributed by atoms with van der Waals surface area (Å²) in [6.45, 7) is 5.97. The van der Waals surface area contributed by atoms with E-state index in [0.717, 1.165) is 34.8 Å². The van der Waals surface area contributed by atoms with Gasteiger partial charge >= 0.3 is 0 Å². The number of fused-ring (bicyclic) bond motifs is 1. The molecule has 3 aromatic rings. The number of aromatic nitrogens is 2. The third-order valence-electron chi connectivity index (χ3n) is 5.09. The first-order valence-corrected chi connectivity index (χ1v) is 9.46. The average molecular weight is 363 g/mol. The molecule has 0 radical (unpaired) electrons. The lowest BCUT2D eigenvalue weighted by atomic mass is 10.1. The first-order chi connectivity index (χ1) is 13.1. The van der Waals surface area contributed by atoms with E-state index in [2.05, 4.69) is 24.5 Å². The number of rotatable bonds is 5. The van der Waals surface area contributed by atoms with Gasteiger partial charge in [0.15, 0.2) is 0 Å². The van der Waals surface area contributed by atoms with E-state index in [4.69, 9.17) is 9.72 Å². The number of nitrogens with zero attached hydrogens (tertiary/aromatic N) is 3. The zero-order valence-electron chi connectivity index (χ0n) is 16.1. The molecule has 0 spiro atoms. The zero-order chi connectivity index (χ0) is 19.0. The van der Waals surface area contributed by atoms with E-state index in [0.29, 0.717) is 18.9 Å². The molecular weight excluding hydrogens is 338 g/mol. The molecule has 1 aliphatic heterocycles. The topological polar surface area (TPSA) is 47.4 Å². The van der Waals surface area contributed by atoms with E-state index in [1.807, 2.05) is 47.4 Å². The smallest absolute Gasteiger partial charge is 0.227 e. The second-order valence-corrected chi connectivity index (χ2v) is 7.57. The molecule has 5 nitrogen and oxygen atoms in total. The molecule has 27 heavy (non-hydrogen) atoms. The molecule has 2 aromatic carbocycles. The molecule has 0 bridgehead atoms. The van der Waals surface area contributed by atoms with E-state index in [-0.39, 0.29) is 11.8 Å². The Labute approximate surface area is 159 Å². The highest BCUT2D eigenvalue weighted by molar-refractivity contribution is 5.96. The van der Waals surface area contributed by atoms with Crippen LogP contribution in [0.3, 0.4) is 0 Å². The lowest BCUT2D eigenvalue weighted by Crippen LogP contribution is -2.24. The summed E-state index contributed by atoms with van der Waals surface area (Å²) in [7, 11) is 1.64. The van der Waals surface area contributed by atoms with Gasteiger partial charge in [-0.05, 0) is 30.2 Å². The van der Waals surface area contributed by atoms with Gasteiger partial charge in [-0.2, -0.15) is 0 Å². The summed E-state index contributed by atoms with van der Waals surface area (Å²) in [6, 6.07) is 15.9. The number of benzene rings is 2. The van der Waals surface area contributed by atoms with E-state index in [9.17, 15) is 4.79 Å². The van der Waals surface area contributed by atoms with Crippen molar-refractivity contribution in [1.29, 1.82) is 0 Å². The van der Waals surface area contributed by atoms with Crippen LogP contribution in [0, 0.1) is 5.92 Å². The molecule has 0 saturated carbocycles. The van der Waals surface area contributed by atoms with Gasteiger partial charge in [-0.15, -0.1) is 0 Å². The number of para-hydroxylation sites is 2. The monoisotopic (exact) mass is 363 g/mol. The van der Waals surface area contributed by atoms with Crippen molar-refractivity contribution in [3.8, 4) is 5.75 Å². The summed E-state index contributed by atoms with van der Waals surface area (Å²) >= 11 is 0. The SMILES string of the molecule is COc1cccc(N2CC(c3nc4ccccc4n3CC(C)C)CC2=O)c1. The molecular formula is C22H25N3O2. The second kappa shape index (κ2) is 7.06. The number of anilines is 1. The maximum Gasteiger partial charge on any atom is 0.227 e. The fourth-order valence-electron chi connectivity index (χ4n) is 3.87. The highest BCUT2D eigenvalue weighted by Gasteiger charge is 2.35. The normalized spacial score (nSPS) is 17.3. The van der Waals surface area contributed by atoms with Crippen LogP contribution in [0.5, 0.6) is 5.75 Å². The quantitative estimate of drug-likeness (QED) is 0.682. The minimum atomic E-state index is 0.0925. The molecule has 1 atom stereocenters. The van der Waals surface area contributed by atoms with E-state index in [1.165, 1.54) is 0 Å². The van der Waals surface area contributed by atoms with Gasteiger partial charge in [0.2, 0.25) is 5.91 Å². The Morgan fingerprint density at radius 1 is 1.19 bits per heavy atom. The lowest BCUT2D eigenvalue weighted by Gasteiger charge is -2.18.